The number of fused-ring (bicyclic) bond motifs is 1. The summed E-state index contributed by atoms with van der Waals surface area (Å²) >= 11 is 0. The summed E-state index contributed by atoms with van der Waals surface area (Å²) in [7, 11) is -0.629. The van der Waals surface area contributed by atoms with Crippen LogP contribution in [0.25, 0.3) is 10.8 Å². The molecule has 1 unspecified atom stereocenters. The summed E-state index contributed by atoms with van der Waals surface area (Å²) in [6.07, 6.45) is 0. The zero-order chi connectivity index (χ0) is 11.4. The molecule has 0 spiro atoms. The predicted octanol–water partition coefficient (Wildman–Crippen LogP) is 3.99. The van der Waals surface area contributed by atoms with Gasteiger partial charge in [-0.05, 0) is 27.4 Å². The number of halogens is 1. The first-order chi connectivity index (χ1) is 7.83. The Hall–Kier alpha value is -1.22. The van der Waals surface area contributed by atoms with Gasteiger partial charge in [-0.1, -0.05) is 35.1 Å². The van der Waals surface area contributed by atoms with Gasteiger partial charge in [0.25, 0.3) is 0 Å². The van der Waals surface area contributed by atoms with Crippen molar-refractivity contribution in [3.63, 3.8) is 0 Å². The fourth-order valence-electron chi connectivity index (χ4n) is 1.39. The highest BCUT2D eigenvalue weighted by molar-refractivity contribution is 7.42. The predicted molar refractivity (Wildman–Crippen MR) is 60.7 cm³/mol. The maximum absolute atomic E-state index is 11.9. The van der Waals surface area contributed by atoms with Crippen LogP contribution in [0.2, 0.25) is 0 Å². The Balaban J connectivity index is 2.25. The molecule has 0 fully saturated rings. The van der Waals surface area contributed by atoms with E-state index in [2.05, 4.69) is 9.25 Å². The van der Waals surface area contributed by atoms with Gasteiger partial charge in [0.05, 0.1) is 0 Å². The molecule has 0 radical (unpaired) electrons. The molecular formula is C11H10FO3P. The third-order valence-electron chi connectivity index (χ3n) is 2.11. The molecule has 0 saturated carbocycles. The number of hydrogen-bond donors (Lipinski definition) is 0. The van der Waals surface area contributed by atoms with Crippen LogP contribution in [0.3, 0.4) is 0 Å². The highest BCUT2D eigenvalue weighted by atomic mass is 31.2. The number of benzene rings is 2. The highest BCUT2D eigenvalue weighted by Crippen LogP contribution is 2.40. The van der Waals surface area contributed by atoms with Crippen LogP contribution in [-0.2, 0) is 9.25 Å². The van der Waals surface area contributed by atoms with Crippen molar-refractivity contribution in [2.24, 2.45) is 0 Å². The van der Waals surface area contributed by atoms with Crippen molar-refractivity contribution < 1.29 is 18.3 Å². The second-order valence-corrected chi connectivity index (χ2v) is 4.21. The molecule has 0 aliphatic rings. The zero-order valence-corrected chi connectivity index (χ0v) is 9.49. The fourth-order valence-corrected chi connectivity index (χ4v) is 1.83. The van der Waals surface area contributed by atoms with Gasteiger partial charge in [0.15, 0.2) is 0 Å². The van der Waals surface area contributed by atoms with Crippen molar-refractivity contribution in [1.82, 2.24) is 0 Å². The largest absolute Gasteiger partial charge is 0.431 e. The quantitative estimate of drug-likeness (QED) is 0.756. The van der Waals surface area contributed by atoms with Gasteiger partial charge < -0.3 is 9.05 Å². The average molecular weight is 240 g/mol. The van der Waals surface area contributed by atoms with Crippen molar-refractivity contribution in [1.29, 1.82) is 0 Å². The third-order valence-corrected chi connectivity index (χ3v) is 2.88. The molecule has 0 bridgehead atoms. The van der Waals surface area contributed by atoms with Crippen LogP contribution in [0.1, 0.15) is 0 Å². The maximum Gasteiger partial charge on any atom is 0.431 e. The molecule has 0 aromatic heterocycles. The molecule has 84 valence electrons. The van der Waals surface area contributed by atoms with Crippen LogP contribution in [0, 0.1) is 0 Å². The standard InChI is InChI=1S/C11H10FO3P/c1-13-16(15-12)14-11-7-6-9-4-2-3-5-10(9)8-11/h2-8H,1H3. The second-order valence-electron chi connectivity index (χ2n) is 3.08. The Morgan fingerprint density at radius 1 is 1.06 bits per heavy atom. The van der Waals surface area contributed by atoms with E-state index >= 15 is 0 Å². The first-order valence-corrected chi connectivity index (χ1v) is 5.73. The summed E-state index contributed by atoms with van der Waals surface area (Å²) in [6, 6.07) is 13.3. The zero-order valence-electron chi connectivity index (χ0n) is 8.59. The van der Waals surface area contributed by atoms with E-state index in [0.717, 1.165) is 10.8 Å². The maximum atomic E-state index is 11.9. The molecule has 0 aliphatic carbocycles. The molecule has 0 amide bonds. The first kappa shape index (κ1) is 11.3. The monoisotopic (exact) mass is 240 g/mol. The van der Waals surface area contributed by atoms with Crippen LogP contribution in [-0.4, -0.2) is 7.11 Å². The van der Waals surface area contributed by atoms with E-state index in [9.17, 15) is 4.53 Å². The van der Waals surface area contributed by atoms with Crippen molar-refractivity contribution >= 4 is 19.4 Å². The van der Waals surface area contributed by atoms with Gasteiger partial charge in [-0.2, -0.15) is 0 Å². The molecule has 2 rings (SSSR count). The van der Waals surface area contributed by atoms with E-state index in [4.69, 9.17) is 4.52 Å². The summed E-state index contributed by atoms with van der Waals surface area (Å²) in [5.74, 6) is 0.518. The van der Waals surface area contributed by atoms with E-state index in [1.165, 1.54) is 7.11 Å². The van der Waals surface area contributed by atoms with Crippen molar-refractivity contribution in [3.05, 3.63) is 42.5 Å². The van der Waals surface area contributed by atoms with Crippen LogP contribution in [0.5, 0.6) is 5.75 Å². The third kappa shape index (κ3) is 2.47. The topological polar surface area (TPSA) is 27.7 Å². The van der Waals surface area contributed by atoms with Crippen molar-refractivity contribution in [2.75, 3.05) is 7.11 Å². The molecule has 2 aromatic carbocycles. The molecule has 2 aromatic rings. The molecule has 0 saturated heterocycles. The van der Waals surface area contributed by atoms with Gasteiger partial charge in [-0.3, -0.25) is 0 Å². The fraction of sp³-hybridized carbons (Fsp3) is 0.0909. The Morgan fingerprint density at radius 2 is 1.81 bits per heavy atom. The Labute approximate surface area is 93.6 Å². The molecule has 5 heteroatoms. The van der Waals surface area contributed by atoms with Gasteiger partial charge in [0.2, 0.25) is 0 Å². The molecule has 3 nitrogen and oxygen atoms in total. The van der Waals surface area contributed by atoms with Crippen molar-refractivity contribution in [3.8, 4) is 5.75 Å². The second kappa shape index (κ2) is 5.21. The van der Waals surface area contributed by atoms with E-state index in [1.807, 2.05) is 36.4 Å². The van der Waals surface area contributed by atoms with E-state index in [-0.39, 0.29) is 0 Å². The summed E-state index contributed by atoms with van der Waals surface area (Å²) < 4.78 is 25.3. The normalized spacial score (nSPS) is 12.6. The highest BCUT2D eigenvalue weighted by Gasteiger charge is 2.13. The average Bonchev–Trinajstić information content (AvgIpc) is 2.35. The summed E-state index contributed by atoms with van der Waals surface area (Å²) in [4.78, 5) is 0. The van der Waals surface area contributed by atoms with Crippen LogP contribution in [0.15, 0.2) is 42.5 Å². The molecule has 0 heterocycles. The molecule has 1 atom stereocenters. The van der Waals surface area contributed by atoms with Gasteiger partial charge in [0.1, 0.15) is 5.75 Å². The van der Waals surface area contributed by atoms with Crippen LogP contribution in [0.4, 0.5) is 4.53 Å². The summed E-state index contributed by atoms with van der Waals surface area (Å²) in [5.41, 5.74) is 0. The number of hydrogen-bond acceptors (Lipinski definition) is 3. The van der Waals surface area contributed by atoms with Crippen molar-refractivity contribution in [2.45, 2.75) is 0 Å². The first-order valence-electron chi connectivity index (χ1n) is 4.63. The SMILES string of the molecule is COP(OF)Oc1ccc2ccccc2c1. The van der Waals surface area contributed by atoms with Gasteiger partial charge in [-0.25, -0.2) is 0 Å². The lowest BCUT2D eigenvalue weighted by molar-refractivity contribution is -0.0215. The van der Waals surface area contributed by atoms with Crippen LogP contribution < -0.4 is 4.52 Å². The molecule has 16 heavy (non-hydrogen) atoms. The summed E-state index contributed by atoms with van der Waals surface area (Å²) in [6.45, 7) is 0. The Bertz CT molecular complexity index is 473. The van der Waals surface area contributed by atoms with Gasteiger partial charge in [0, 0.05) is 7.11 Å². The van der Waals surface area contributed by atoms with E-state index < -0.39 is 8.60 Å². The smallest absolute Gasteiger partial charge is 0.425 e. The number of rotatable bonds is 4. The van der Waals surface area contributed by atoms with Gasteiger partial charge in [-0.15, -0.1) is 0 Å². The summed E-state index contributed by atoms with van der Waals surface area (Å²) in [5, 5.41) is 2.11. The molecule has 0 aliphatic heterocycles. The lowest BCUT2D eigenvalue weighted by atomic mass is 10.1. The minimum Gasteiger partial charge on any atom is -0.425 e. The Kier molecular flexibility index (Phi) is 3.67. The lowest BCUT2D eigenvalue weighted by Crippen LogP contribution is -1.89. The van der Waals surface area contributed by atoms with Gasteiger partial charge >= 0.3 is 8.60 Å². The minimum absolute atomic E-state index is 0.518. The Morgan fingerprint density at radius 3 is 2.50 bits per heavy atom. The van der Waals surface area contributed by atoms with E-state index in [1.54, 1.807) is 6.07 Å². The minimum atomic E-state index is -1.95. The molecular weight excluding hydrogens is 230 g/mol. The lowest BCUT2D eigenvalue weighted by Gasteiger charge is -2.10. The van der Waals surface area contributed by atoms with Crippen LogP contribution >= 0.6 is 8.60 Å². The molecule has 0 N–H and O–H groups in total. The van der Waals surface area contributed by atoms with E-state index in [0.29, 0.717) is 5.75 Å².